The third-order valence-electron chi connectivity index (χ3n) is 2.87. The van der Waals surface area contributed by atoms with Gasteiger partial charge in [0.05, 0.1) is 10.8 Å². The van der Waals surface area contributed by atoms with E-state index in [0.717, 1.165) is 30.4 Å². The van der Waals surface area contributed by atoms with Crippen molar-refractivity contribution in [1.29, 1.82) is 0 Å². The number of rotatable bonds is 6. The predicted molar refractivity (Wildman–Crippen MR) is 75.2 cm³/mol. The molecule has 0 aliphatic rings. The molecule has 0 amide bonds. The molecule has 0 heterocycles. The predicted octanol–water partition coefficient (Wildman–Crippen LogP) is 4.48. The summed E-state index contributed by atoms with van der Waals surface area (Å²) in [6.07, 6.45) is 2.67. The number of nitrogens with zero attached hydrogens (tertiary/aromatic N) is 1. The fourth-order valence-electron chi connectivity index (χ4n) is 2.18. The van der Waals surface area contributed by atoms with Crippen molar-refractivity contribution in [3.63, 3.8) is 0 Å². The van der Waals surface area contributed by atoms with Gasteiger partial charge in [-0.25, -0.2) is 0 Å². The number of hydrogen-bond donors (Lipinski definition) is 0. The van der Waals surface area contributed by atoms with E-state index < -0.39 is 0 Å². The van der Waals surface area contributed by atoms with Gasteiger partial charge in [-0.15, -0.1) is 11.6 Å². The van der Waals surface area contributed by atoms with Crippen molar-refractivity contribution in [2.45, 2.75) is 45.9 Å². The molecule has 0 atom stereocenters. The molecule has 0 N–H and O–H groups in total. The summed E-state index contributed by atoms with van der Waals surface area (Å²) in [6, 6.07) is 3.76. The van der Waals surface area contributed by atoms with E-state index >= 15 is 0 Å². The highest BCUT2D eigenvalue weighted by Gasteiger charge is 2.18. The molecule has 0 bridgehead atoms. The van der Waals surface area contributed by atoms with Gasteiger partial charge in [-0.05, 0) is 29.9 Å². The molecule has 0 aromatic heterocycles. The zero-order valence-corrected chi connectivity index (χ0v) is 12.0. The number of alkyl halides is 1. The molecule has 3 nitrogen and oxygen atoms in total. The van der Waals surface area contributed by atoms with E-state index in [-0.39, 0.29) is 16.5 Å². The molecular formula is C14H20ClNO2. The van der Waals surface area contributed by atoms with Gasteiger partial charge >= 0.3 is 0 Å². The zero-order chi connectivity index (χ0) is 13.7. The number of aryl methyl sites for hydroxylation is 1. The minimum absolute atomic E-state index is 0.173. The highest BCUT2D eigenvalue weighted by Crippen LogP contribution is 2.28. The standard InChI is InChI=1S/C14H20ClNO2/c1-4-5-12-7-11(6-10(2)3)8-14(16(17)18)13(12)9-15/h7-8,10H,4-6,9H2,1-3H3. The van der Waals surface area contributed by atoms with Crippen LogP contribution in [0.25, 0.3) is 0 Å². The van der Waals surface area contributed by atoms with Crippen LogP contribution in [0.1, 0.15) is 43.9 Å². The van der Waals surface area contributed by atoms with Gasteiger partial charge in [0.15, 0.2) is 0 Å². The molecule has 0 aliphatic carbocycles. The molecule has 0 saturated carbocycles. The van der Waals surface area contributed by atoms with Crippen LogP contribution in [0.4, 0.5) is 5.69 Å². The largest absolute Gasteiger partial charge is 0.274 e. The molecule has 100 valence electrons. The fourth-order valence-corrected chi connectivity index (χ4v) is 2.49. The number of hydrogen-bond acceptors (Lipinski definition) is 2. The lowest BCUT2D eigenvalue weighted by Gasteiger charge is -2.12. The maximum absolute atomic E-state index is 11.1. The monoisotopic (exact) mass is 269 g/mol. The van der Waals surface area contributed by atoms with Crippen LogP contribution in [0.3, 0.4) is 0 Å². The Balaban J connectivity index is 3.29. The van der Waals surface area contributed by atoms with Crippen molar-refractivity contribution in [3.8, 4) is 0 Å². The third kappa shape index (κ3) is 3.70. The number of nitro benzene ring substituents is 1. The quantitative estimate of drug-likeness (QED) is 0.434. The first-order valence-electron chi connectivity index (χ1n) is 6.34. The highest BCUT2D eigenvalue weighted by molar-refractivity contribution is 6.17. The maximum atomic E-state index is 11.1. The molecule has 0 unspecified atom stereocenters. The average molecular weight is 270 g/mol. The van der Waals surface area contributed by atoms with Gasteiger partial charge in [0.2, 0.25) is 0 Å². The van der Waals surface area contributed by atoms with Gasteiger partial charge in [0.25, 0.3) is 5.69 Å². The summed E-state index contributed by atoms with van der Waals surface area (Å²) in [7, 11) is 0. The van der Waals surface area contributed by atoms with Crippen molar-refractivity contribution in [2.24, 2.45) is 5.92 Å². The number of halogens is 1. The van der Waals surface area contributed by atoms with Crippen LogP contribution in [0, 0.1) is 16.0 Å². The molecule has 0 radical (unpaired) electrons. The van der Waals surface area contributed by atoms with Crippen LogP contribution in [0.5, 0.6) is 0 Å². The van der Waals surface area contributed by atoms with Crippen molar-refractivity contribution in [3.05, 3.63) is 38.9 Å². The first-order chi connectivity index (χ1) is 8.49. The molecule has 4 heteroatoms. The Morgan fingerprint density at radius 1 is 1.39 bits per heavy atom. The van der Waals surface area contributed by atoms with E-state index in [0.29, 0.717) is 11.5 Å². The van der Waals surface area contributed by atoms with Gasteiger partial charge in [0.1, 0.15) is 0 Å². The third-order valence-corrected chi connectivity index (χ3v) is 3.14. The molecule has 0 fully saturated rings. The van der Waals surface area contributed by atoms with E-state index in [1.54, 1.807) is 6.07 Å². The van der Waals surface area contributed by atoms with Gasteiger partial charge in [0, 0.05) is 11.6 Å². The van der Waals surface area contributed by atoms with Gasteiger partial charge in [-0.1, -0.05) is 33.3 Å². The summed E-state index contributed by atoms with van der Waals surface area (Å²) in [5.41, 5.74) is 2.91. The minimum Gasteiger partial charge on any atom is -0.258 e. The SMILES string of the molecule is CCCc1cc(CC(C)C)cc([N+](=O)[O-])c1CCl. The van der Waals surface area contributed by atoms with Crippen molar-refractivity contribution < 1.29 is 4.92 Å². The van der Waals surface area contributed by atoms with Crippen molar-refractivity contribution in [1.82, 2.24) is 0 Å². The lowest BCUT2D eigenvalue weighted by atomic mass is 9.95. The van der Waals surface area contributed by atoms with Gasteiger partial charge in [-0.3, -0.25) is 10.1 Å². The Morgan fingerprint density at radius 3 is 2.50 bits per heavy atom. The second kappa shape index (κ2) is 6.74. The molecule has 0 spiro atoms. The normalized spacial score (nSPS) is 10.9. The maximum Gasteiger partial charge on any atom is 0.274 e. The first kappa shape index (κ1) is 15.0. The minimum atomic E-state index is -0.319. The summed E-state index contributed by atoms with van der Waals surface area (Å²) in [6.45, 7) is 6.29. The van der Waals surface area contributed by atoms with E-state index in [4.69, 9.17) is 11.6 Å². The van der Waals surface area contributed by atoms with Crippen LogP contribution in [-0.4, -0.2) is 4.92 Å². The van der Waals surface area contributed by atoms with E-state index in [2.05, 4.69) is 26.8 Å². The summed E-state index contributed by atoms with van der Waals surface area (Å²) in [5.74, 6) is 0.689. The molecule has 1 aromatic rings. The van der Waals surface area contributed by atoms with Crippen LogP contribution in [0.2, 0.25) is 0 Å². The van der Waals surface area contributed by atoms with Crippen LogP contribution in [-0.2, 0) is 18.7 Å². The van der Waals surface area contributed by atoms with E-state index in [9.17, 15) is 10.1 Å². The highest BCUT2D eigenvalue weighted by atomic mass is 35.5. The first-order valence-corrected chi connectivity index (χ1v) is 6.88. The molecule has 18 heavy (non-hydrogen) atoms. The molecular weight excluding hydrogens is 250 g/mol. The summed E-state index contributed by atoms with van der Waals surface area (Å²) < 4.78 is 0. The fraction of sp³-hybridized carbons (Fsp3) is 0.571. The van der Waals surface area contributed by atoms with E-state index in [1.807, 2.05) is 0 Å². The Hall–Kier alpha value is -1.09. The lowest BCUT2D eigenvalue weighted by Crippen LogP contribution is -2.03. The van der Waals surface area contributed by atoms with Crippen LogP contribution in [0.15, 0.2) is 12.1 Å². The number of nitro groups is 1. The Morgan fingerprint density at radius 2 is 2.06 bits per heavy atom. The second-order valence-corrected chi connectivity index (χ2v) is 5.26. The van der Waals surface area contributed by atoms with Crippen molar-refractivity contribution in [2.75, 3.05) is 0 Å². The van der Waals surface area contributed by atoms with Crippen LogP contribution >= 0.6 is 11.6 Å². The Kier molecular flexibility index (Phi) is 5.60. The van der Waals surface area contributed by atoms with E-state index in [1.165, 1.54) is 0 Å². The van der Waals surface area contributed by atoms with Crippen LogP contribution < -0.4 is 0 Å². The molecule has 0 aliphatic heterocycles. The topological polar surface area (TPSA) is 43.1 Å². The Bertz CT molecular complexity index is 430. The smallest absolute Gasteiger partial charge is 0.258 e. The average Bonchev–Trinajstić information content (AvgIpc) is 2.27. The summed E-state index contributed by atoms with van der Waals surface area (Å²) in [4.78, 5) is 10.8. The Labute approximate surface area is 113 Å². The zero-order valence-electron chi connectivity index (χ0n) is 11.2. The number of benzene rings is 1. The summed E-state index contributed by atoms with van der Waals surface area (Å²) >= 11 is 5.87. The van der Waals surface area contributed by atoms with Gasteiger partial charge in [-0.2, -0.15) is 0 Å². The lowest BCUT2D eigenvalue weighted by molar-refractivity contribution is -0.385. The molecule has 1 aromatic carbocycles. The molecule has 1 rings (SSSR count). The second-order valence-electron chi connectivity index (χ2n) is 4.99. The van der Waals surface area contributed by atoms with Crippen molar-refractivity contribution >= 4 is 17.3 Å². The van der Waals surface area contributed by atoms with Gasteiger partial charge < -0.3 is 0 Å². The summed E-state index contributed by atoms with van der Waals surface area (Å²) in [5, 5.41) is 11.1. The molecule has 0 saturated heterocycles.